The lowest BCUT2D eigenvalue weighted by Gasteiger charge is -2.37. The molecule has 0 aromatic heterocycles. The molecule has 0 amide bonds. The van der Waals surface area contributed by atoms with Crippen LogP contribution in [-0.4, -0.2) is 43.5 Å². The lowest BCUT2D eigenvalue weighted by Crippen LogP contribution is -2.47. The number of hydrogen-bond acceptors (Lipinski definition) is 6. The third kappa shape index (κ3) is 5.48. The topological polar surface area (TPSA) is 119 Å². The number of rotatable bonds is 8. The smallest absolute Gasteiger partial charge is 0.176 e. The fraction of sp³-hybridized carbons (Fsp3) is 0.522. The van der Waals surface area contributed by atoms with Crippen molar-refractivity contribution in [1.82, 2.24) is 4.90 Å². The van der Waals surface area contributed by atoms with Crippen molar-refractivity contribution in [3.05, 3.63) is 52.9 Å². The lowest BCUT2D eigenvalue weighted by molar-refractivity contribution is 0.277. The summed E-state index contributed by atoms with van der Waals surface area (Å²) in [6.45, 7) is 8.74. The molecule has 1 aliphatic heterocycles. The first-order valence-corrected chi connectivity index (χ1v) is 10.9. The van der Waals surface area contributed by atoms with E-state index in [4.69, 9.17) is 22.4 Å². The van der Waals surface area contributed by atoms with Gasteiger partial charge in [0.1, 0.15) is 0 Å². The van der Waals surface area contributed by atoms with Gasteiger partial charge in [0.2, 0.25) is 0 Å². The molecule has 2 aliphatic rings. The van der Waals surface area contributed by atoms with Crippen molar-refractivity contribution in [2.45, 2.75) is 39.0 Å². The first kappa shape index (κ1) is 22.0. The van der Waals surface area contributed by atoms with Crippen molar-refractivity contribution >= 4 is 11.5 Å². The zero-order valence-corrected chi connectivity index (χ0v) is 18.2. The van der Waals surface area contributed by atoms with E-state index >= 15 is 0 Å². The van der Waals surface area contributed by atoms with E-state index in [1.165, 1.54) is 30.2 Å². The average molecular weight is 410 g/mol. The summed E-state index contributed by atoms with van der Waals surface area (Å²) in [5.41, 5.74) is 24.2. The Morgan fingerprint density at radius 2 is 1.93 bits per heavy atom. The number of piperazine rings is 1. The molecule has 1 aromatic carbocycles. The maximum absolute atomic E-state index is 8.38. The fourth-order valence-corrected chi connectivity index (χ4v) is 4.22. The molecule has 1 saturated heterocycles. The summed E-state index contributed by atoms with van der Waals surface area (Å²) < 4.78 is 0. The minimum atomic E-state index is 0.0752. The largest absolute Gasteiger partial charge is 0.405 e. The van der Waals surface area contributed by atoms with Crippen LogP contribution in [0.15, 0.2) is 41.3 Å². The molecule has 0 spiro atoms. The molecule has 6 N–H and O–H groups in total. The zero-order chi connectivity index (χ0) is 21.7. The van der Waals surface area contributed by atoms with E-state index in [9.17, 15) is 0 Å². The molecule has 7 heteroatoms. The van der Waals surface area contributed by atoms with Crippen LogP contribution in [0.25, 0.3) is 0 Å². The lowest BCUT2D eigenvalue weighted by atomic mass is 9.92. The van der Waals surface area contributed by atoms with Crippen molar-refractivity contribution in [3.8, 4) is 0 Å². The highest BCUT2D eigenvalue weighted by Crippen LogP contribution is 2.45. The molecule has 0 bridgehead atoms. The summed E-state index contributed by atoms with van der Waals surface area (Å²) in [6, 6.07) is 4.50. The Labute approximate surface area is 179 Å². The molecule has 7 nitrogen and oxygen atoms in total. The summed E-state index contributed by atoms with van der Waals surface area (Å²) in [7, 11) is 0. The van der Waals surface area contributed by atoms with Gasteiger partial charge in [-0.25, -0.2) is 5.53 Å². The quantitative estimate of drug-likeness (QED) is 0.227. The Morgan fingerprint density at radius 1 is 1.23 bits per heavy atom. The number of nitrogens with zero attached hydrogens (tertiary/aromatic N) is 3. The number of benzene rings is 1. The second-order valence-electron chi connectivity index (χ2n) is 8.80. The summed E-state index contributed by atoms with van der Waals surface area (Å²) in [6.07, 6.45) is 8.44. The monoisotopic (exact) mass is 409 g/mol. The summed E-state index contributed by atoms with van der Waals surface area (Å²) in [5.74, 6) is 1.16. The van der Waals surface area contributed by atoms with Crippen LogP contribution in [0.2, 0.25) is 0 Å². The van der Waals surface area contributed by atoms with Crippen LogP contribution in [0.5, 0.6) is 0 Å². The third-order valence-corrected chi connectivity index (χ3v) is 5.76. The van der Waals surface area contributed by atoms with Crippen LogP contribution in [-0.2, 0) is 6.42 Å². The molecule has 0 atom stereocenters. The maximum Gasteiger partial charge on any atom is 0.176 e. The summed E-state index contributed by atoms with van der Waals surface area (Å²) in [4.78, 5) is 4.70. The molecule has 3 rings (SSSR count). The van der Waals surface area contributed by atoms with Gasteiger partial charge >= 0.3 is 0 Å². The molecular formula is C23H35N7. The van der Waals surface area contributed by atoms with Crippen LogP contribution in [0.4, 0.5) is 5.69 Å². The Morgan fingerprint density at radius 3 is 2.50 bits per heavy atom. The Hall–Kier alpha value is -2.67. The fourth-order valence-electron chi connectivity index (χ4n) is 4.22. The van der Waals surface area contributed by atoms with Gasteiger partial charge in [-0.15, -0.1) is 5.11 Å². The SMILES string of the molecule is CC(C)Cc1cc(C2CC2)c(C(=N)N=N)c(N2CCN(C/C(N)=C/C=C\N)CC2)c1. The first-order valence-electron chi connectivity index (χ1n) is 10.9. The van der Waals surface area contributed by atoms with E-state index in [0.29, 0.717) is 11.8 Å². The number of hydrogen-bond donors (Lipinski definition) is 4. The van der Waals surface area contributed by atoms with Gasteiger partial charge in [-0.3, -0.25) is 10.3 Å². The van der Waals surface area contributed by atoms with Crippen LogP contribution < -0.4 is 16.4 Å². The van der Waals surface area contributed by atoms with E-state index in [0.717, 1.165) is 56.1 Å². The molecule has 162 valence electrons. The zero-order valence-electron chi connectivity index (χ0n) is 18.2. The van der Waals surface area contributed by atoms with E-state index in [1.807, 2.05) is 6.08 Å². The highest BCUT2D eigenvalue weighted by atomic mass is 15.3. The molecular weight excluding hydrogens is 374 g/mol. The third-order valence-electron chi connectivity index (χ3n) is 5.76. The first-order chi connectivity index (χ1) is 14.4. The van der Waals surface area contributed by atoms with Crippen molar-refractivity contribution in [2.24, 2.45) is 22.5 Å². The van der Waals surface area contributed by atoms with Gasteiger partial charge in [-0.2, -0.15) is 0 Å². The van der Waals surface area contributed by atoms with E-state index in [1.54, 1.807) is 6.08 Å². The number of anilines is 1. The van der Waals surface area contributed by atoms with E-state index < -0.39 is 0 Å². The van der Waals surface area contributed by atoms with Gasteiger partial charge in [0.15, 0.2) is 5.84 Å². The Balaban J connectivity index is 1.84. The van der Waals surface area contributed by atoms with Gasteiger partial charge < -0.3 is 16.4 Å². The highest BCUT2D eigenvalue weighted by Gasteiger charge is 2.31. The van der Waals surface area contributed by atoms with Gasteiger partial charge in [-0.1, -0.05) is 19.9 Å². The van der Waals surface area contributed by atoms with Crippen molar-refractivity contribution in [3.63, 3.8) is 0 Å². The normalized spacial score (nSPS) is 18.4. The van der Waals surface area contributed by atoms with E-state index in [-0.39, 0.29) is 5.84 Å². The number of allylic oxidation sites excluding steroid dienone is 2. The Kier molecular flexibility index (Phi) is 7.26. The van der Waals surface area contributed by atoms with Gasteiger partial charge in [0.25, 0.3) is 0 Å². The predicted octanol–water partition coefficient (Wildman–Crippen LogP) is 3.56. The molecule has 1 aliphatic carbocycles. The second kappa shape index (κ2) is 9.89. The number of nitrogens with two attached hydrogens (primary N) is 2. The number of amidine groups is 1. The average Bonchev–Trinajstić information content (AvgIpc) is 3.56. The van der Waals surface area contributed by atoms with Crippen molar-refractivity contribution in [2.75, 3.05) is 37.6 Å². The molecule has 2 fully saturated rings. The molecule has 1 saturated carbocycles. The van der Waals surface area contributed by atoms with Crippen LogP contribution in [0.3, 0.4) is 0 Å². The summed E-state index contributed by atoms with van der Waals surface area (Å²) in [5, 5.41) is 11.9. The van der Waals surface area contributed by atoms with Crippen molar-refractivity contribution < 1.29 is 0 Å². The standard InChI is InChI=1S/C23H35N7/c1-16(2)12-17-13-20(18-5-6-18)22(23(26)28-27)21(14-17)30-10-8-29(9-11-30)15-19(25)4-3-7-24/h3-4,7,13-14,16,18,26-27H,5-6,8-12,15,24-25H2,1-2H3/b7-3-,19-4-,26-23?,28-27?. The molecule has 30 heavy (non-hydrogen) atoms. The molecule has 1 aromatic rings. The minimum Gasteiger partial charge on any atom is -0.405 e. The van der Waals surface area contributed by atoms with Crippen molar-refractivity contribution in [1.29, 1.82) is 10.9 Å². The van der Waals surface area contributed by atoms with Gasteiger partial charge in [-0.05, 0) is 66.6 Å². The van der Waals surface area contributed by atoms with E-state index in [2.05, 4.69) is 40.9 Å². The second-order valence-corrected chi connectivity index (χ2v) is 8.80. The van der Waals surface area contributed by atoms with Crippen LogP contribution in [0.1, 0.15) is 49.3 Å². The molecule has 0 unspecified atom stereocenters. The van der Waals surface area contributed by atoms with Gasteiger partial charge in [0, 0.05) is 49.7 Å². The van der Waals surface area contributed by atoms with Crippen LogP contribution in [0, 0.1) is 16.9 Å². The molecule has 1 heterocycles. The molecule has 0 radical (unpaired) electrons. The predicted molar refractivity (Wildman–Crippen MR) is 123 cm³/mol. The van der Waals surface area contributed by atoms with Gasteiger partial charge in [0.05, 0.1) is 0 Å². The highest BCUT2D eigenvalue weighted by molar-refractivity contribution is 6.03. The summed E-state index contributed by atoms with van der Waals surface area (Å²) >= 11 is 0. The minimum absolute atomic E-state index is 0.0752. The Bertz CT molecular complexity index is 828. The van der Waals surface area contributed by atoms with Crippen LogP contribution >= 0.6 is 0 Å². The number of nitrogens with one attached hydrogen (secondary N) is 2. The maximum atomic E-state index is 8.38.